The zero-order valence-electron chi connectivity index (χ0n) is 10.2. The van der Waals surface area contributed by atoms with Gasteiger partial charge in [0.2, 0.25) is 0 Å². The van der Waals surface area contributed by atoms with E-state index in [1.807, 2.05) is 0 Å². The Kier molecular flexibility index (Phi) is 4.91. The minimum absolute atomic E-state index is 0.0498. The molecule has 0 aromatic heterocycles. The molecule has 3 nitrogen and oxygen atoms in total. The van der Waals surface area contributed by atoms with Crippen molar-refractivity contribution in [3.05, 3.63) is 62.0 Å². The largest absolute Gasteiger partial charge is 0.457 e. The van der Waals surface area contributed by atoms with E-state index in [1.54, 1.807) is 36.4 Å². The maximum atomic E-state index is 11.9. The van der Waals surface area contributed by atoms with Gasteiger partial charge in [-0.05, 0) is 40.2 Å². The van der Waals surface area contributed by atoms with Crippen LogP contribution in [0.1, 0.15) is 15.9 Å². The molecule has 2 aromatic carbocycles. The molecule has 0 aliphatic heterocycles. The summed E-state index contributed by atoms with van der Waals surface area (Å²) in [5.41, 5.74) is 7.22. The van der Waals surface area contributed by atoms with Gasteiger partial charge in [-0.3, -0.25) is 0 Å². The lowest BCUT2D eigenvalue weighted by molar-refractivity contribution is 0.0473. The number of hydrogen-bond donors (Lipinski definition) is 1. The van der Waals surface area contributed by atoms with Crippen LogP contribution in [0.3, 0.4) is 0 Å². The van der Waals surface area contributed by atoms with E-state index in [1.165, 1.54) is 0 Å². The second kappa shape index (κ2) is 6.48. The Hall–Kier alpha value is -1.23. The van der Waals surface area contributed by atoms with Crippen molar-refractivity contribution in [3.8, 4) is 0 Å². The van der Waals surface area contributed by atoms with Gasteiger partial charge in [0.1, 0.15) is 6.61 Å². The number of rotatable bonds is 3. The van der Waals surface area contributed by atoms with Gasteiger partial charge in [0, 0.05) is 15.7 Å². The summed E-state index contributed by atoms with van der Waals surface area (Å²) in [5.74, 6) is -0.472. The second-order valence-corrected chi connectivity index (χ2v) is 5.66. The van der Waals surface area contributed by atoms with Crippen molar-refractivity contribution in [1.82, 2.24) is 0 Å². The van der Waals surface area contributed by atoms with E-state index in [2.05, 4.69) is 15.9 Å². The molecule has 0 bridgehead atoms. The van der Waals surface area contributed by atoms with Gasteiger partial charge in [0.05, 0.1) is 15.6 Å². The van der Waals surface area contributed by atoms with Crippen molar-refractivity contribution in [3.63, 3.8) is 0 Å². The van der Waals surface area contributed by atoms with E-state index in [0.717, 1.165) is 4.47 Å². The molecular formula is C14H10BrCl2NO2. The number of nitrogens with two attached hydrogens (primary N) is 1. The van der Waals surface area contributed by atoms with Crippen molar-refractivity contribution in [1.29, 1.82) is 0 Å². The molecule has 2 aromatic rings. The standard InChI is InChI=1S/C14H10BrCl2NO2/c15-10-5-4-8(6-12(10)18)14(19)20-7-9-2-1-3-11(16)13(9)17/h1-6H,7,18H2. The van der Waals surface area contributed by atoms with Gasteiger partial charge < -0.3 is 10.5 Å². The van der Waals surface area contributed by atoms with Crippen molar-refractivity contribution < 1.29 is 9.53 Å². The van der Waals surface area contributed by atoms with E-state index in [-0.39, 0.29) is 6.61 Å². The highest BCUT2D eigenvalue weighted by Gasteiger charge is 2.11. The lowest BCUT2D eigenvalue weighted by Crippen LogP contribution is -2.06. The average molecular weight is 375 g/mol. The molecule has 0 spiro atoms. The molecule has 0 radical (unpaired) electrons. The number of hydrogen-bond acceptors (Lipinski definition) is 3. The fraction of sp³-hybridized carbons (Fsp3) is 0.0714. The number of halogens is 3. The van der Waals surface area contributed by atoms with Crippen LogP contribution in [0.25, 0.3) is 0 Å². The normalized spacial score (nSPS) is 10.3. The Bertz CT molecular complexity index is 662. The number of esters is 1. The number of carbonyl (C=O) groups is 1. The van der Waals surface area contributed by atoms with E-state index in [9.17, 15) is 4.79 Å². The molecular weight excluding hydrogens is 365 g/mol. The first kappa shape index (κ1) is 15.2. The van der Waals surface area contributed by atoms with Crippen LogP contribution in [-0.4, -0.2) is 5.97 Å². The zero-order valence-corrected chi connectivity index (χ0v) is 13.3. The maximum absolute atomic E-state index is 11.9. The van der Waals surface area contributed by atoms with Gasteiger partial charge in [-0.2, -0.15) is 0 Å². The molecule has 0 amide bonds. The van der Waals surface area contributed by atoms with Crippen LogP contribution >= 0.6 is 39.1 Å². The third-order valence-corrected chi connectivity index (χ3v) is 4.20. The topological polar surface area (TPSA) is 52.3 Å². The highest BCUT2D eigenvalue weighted by molar-refractivity contribution is 9.10. The molecule has 0 aliphatic carbocycles. The minimum atomic E-state index is -0.472. The zero-order chi connectivity index (χ0) is 14.7. The van der Waals surface area contributed by atoms with Crippen molar-refractivity contribution in [2.24, 2.45) is 0 Å². The van der Waals surface area contributed by atoms with E-state index in [4.69, 9.17) is 33.7 Å². The summed E-state index contributed by atoms with van der Waals surface area (Å²) in [6.07, 6.45) is 0. The lowest BCUT2D eigenvalue weighted by Gasteiger charge is -2.08. The molecule has 0 saturated carbocycles. The monoisotopic (exact) mass is 373 g/mol. The maximum Gasteiger partial charge on any atom is 0.338 e. The molecule has 20 heavy (non-hydrogen) atoms. The Morgan fingerprint density at radius 1 is 1.25 bits per heavy atom. The predicted molar refractivity (Wildman–Crippen MR) is 84.1 cm³/mol. The first-order valence-corrected chi connectivity index (χ1v) is 7.19. The van der Waals surface area contributed by atoms with Gasteiger partial charge in [-0.15, -0.1) is 0 Å². The highest BCUT2D eigenvalue weighted by Crippen LogP contribution is 2.26. The Labute approximate surface area is 134 Å². The first-order valence-electron chi connectivity index (χ1n) is 5.64. The smallest absolute Gasteiger partial charge is 0.338 e. The van der Waals surface area contributed by atoms with Crippen LogP contribution in [0.4, 0.5) is 5.69 Å². The molecule has 0 atom stereocenters. The van der Waals surface area contributed by atoms with Gasteiger partial charge in [0.25, 0.3) is 0 Å². The van der Waals surface area contributed by atoms with Crippen LogP contribution in [0.5, 0.6) is 0 Å². The van der Waals surface area contributed by atoms with Crippen molar-refractivity contribution in [2.45, 2.75) is 6.61 Å². The minimum Gasteiger partial charge on any atom is -0.457 e. The van der Waals surface area contributed by atoms with Gasteiger partial charge in [-0.1, -0.05) is 35.3 Å². The molecule has 0 heterocycles. The van der Waals surface area contributed by atoms with Crippen LogP contribution in [0.2, 0.25) is 10.0 Å². The van der Waals surface area contributed by atoms with Gasteiger partial charge in [-0.25, -0.2) is 4.79 Å². The van der Waals surface area contributed by atoms with Crippen molar-refractivity contribution in [2.75, 3.05) is 5.73 Å². The molecule has 6 heteroatoms. The number of carbonyl (C=O) groups excluding carboxylic acids is 1. The van der Waals surface area contributed by atoms with Crippen LogP contribution in [0, 0.1) is 0 Å². The predicted octanol–water partition coefficient (Wildman–Crippen LogP) is 4.70. The van der Waals surface area contributed by atoms with Crippen molar-refractivity contribution >= 4 is 50.8 Å². The number of ether oxygens (including phenoxy) is 1. The molecule has 0 unspecified atom stereocenters. The van der Waals surface area contributed by atoms with Crippen LogP contribution < -0.4 is 5.73 Å². The SMILES string of the molecule is Nc1cc(C(=O)OCc2cccc(Cl)c2Cl)ccc1Br. The van der Waals surface area contributed by atoms with E-state index < -0.39 is 5.97 Å². The summed E-state index contributed by atoms with van der Waals surface area (Å²) in [4.78, 5) is 11.9. The summed E-state index contributed by atoms with van der Waals surface area (Å²) in [5, 5.41) is 0.811. The summed E-state index contributed by atoms with van der Waals surface area (Å²) >= 11 is 15.2. The Morgan fingerprint density at radius 2 is 2.00 bits per heavy atom. The number of nitrogen functional groups attached to an aromatic ring is 1. The summed E-state index contributed by atoms with van der Waals surface area (Å²) in [6.45, 7) is 0.0498. The van der Waals surface area contributed by atoms with Gasteiger partial charge >= 0.3 is 5.97 Å². The molecule has 2 N–H and O–H groups in total. The first-order chi connectivity index (χ1) is 9.49. The third kappa shape index (κ3) is 3.45. The number of benzene rings is 2. The summed E-state index contributed by atoms with van der Waals surface area (Å²) < 4.78 is 5.92. The molecule has 0 fully saturated rings. The van der Waals surface area contributed by atoms with Gasteiger partial charge in [0.15, 0.2) is 0 Å². The summed E-state index contributed by atoms with van der Waals surface area (Å²) in [7, 11) is 0. The molecule has 104 valence electrons. The van der Waals surface area contributed by atoms with Crippen LogP contribution in [-0.2, 0) is 11.3 Å². The Morgan fingerprint density at radius 3 is 2.70 bits per heavy atom. The van der Waals surface area contributed by atoms with E-state index >= 15 is 0 Å². The fourth-order valence-corrected chi connectivity index (χ4v) is 2.18. The quantitative estimate of drug-likeness (QED) is 0.626. The molecule has 0 saturated heterocycles. The fourth-order valence-electron chi connectivity index (χ4n) is 1.56. The molecule has 0 aliphatic rings. The lowest BCUT2D eigenvalue weighted by atomic mass is 10.2. The Balaban J connectivity index is 2.08. The number of anilines is 1. The highest BCUT2D eigenvalue weighted by atomic mass is 79.9. The molecule has 2 rings (SSSR count). The summed E-state index contributed by atoms with van der Waals surface area (Å²) in [6, 6.07) is 10.0. The average Bonchev–Trinajstić information content (AvgIpc) is 2.43. The van der Waals surface area contributed by atoms with Crippen LogP contribution in [0.15, 0.2) is 40.9 Å². The van der Waals surface area contributed by atoms with E-state index in [0.29, 0.717) is 26.9 Å². The second-order valence-electron chi connectivity index (χ2n) is 4.03. The third-order valence-electron chi connectivity index (χ3n) is 2.62.